The zero-order valence-electron chi connectivity index (χ0n) is 13.0. The molecule has 1 aromatic carbocycles. The van der Waals surface area contributed by atoms with Gasteiger partial charge in [-0.15, -0.1) is 0 Å². The maximum atomic E-state index is 11.8. The molecule has 1 amide bonds. The first-order valence-electron chi connectivity index (χ1n) is 7.99. The summed E-state index contributed by atoms with van der Waals surface area (Å²) in [5, 5.41) is 6.36. The van der Waals surface area contributed by atoms with Gasteiger partial charge in [0.2, 0.25) is 5.91 Å². The fourth-order valence-corrected chi connectivity index (χ4v) is 2.58. The lowest BCUT2D eigenvalue weighted by molar-refractivity contribution is -0.121. The second-order valence-corrected chi connectivity index (χ2v) is 5.78. The number of carbonyl (C=O) groups excluding carboxylic acids is 1. The van der Waals surface area contributed by atoms with Gasteiger partial charge < -0.3 is 10.6 Å². The molecule has 1 heterocycles. The summed E-state index contributed by atoms with van der Waals surface area (Å²) in [6.07, 6.45) is 2.52. The lowest BCUT2D eigenvalue weighted by Gasteiger charge is -2.27. The molecular formula is C17H27N3O. The molecule has 4 heteroatoms. The van der Waals surface area contributed by atoms with E-state index in [1.807, 2.05) is 0 Å². The molecule has 116 valence electrons. The lowest BCUT2D eigenvalue weighted by Crippen LogP contribution is -2.46. The summed E-state index contributed by atoms with van der Waals surface area (Å²) in [5.74, 6) is 0.178. The van der Waals surface area contributed by atoms with Gasteiger partial charge in [0.15, 0.2) is 0 Å². The third-order valence-electron chi connectivity index (χ3n) is 3.95. The largest absolute Gasteiger partial charge is 0.355 e. The van der Waals surface area contributed by atoms with Gasteiger partial charge in [0, 0.05) is 45.7 Å². The number of carbonyl (C=O) groups is 1. The summed E-state index contributed by atoms with van der Waals surface area (Å²) in [7, 11) is 0. The highest BCUT2D eigenvalue weighted by Crippen LogP contribution is 2.07. The van der Waals surface area contributed by atoms with Gasteiger partial charge in [0.1, 0.15) is 0 Å². The van der Waals surface area contributed by atoms with Crippen LogP contribution in [0.25, 0.3) is 0 Å². The molecule has 0 atom stereocenters. The maximum absolute atomic E-state index is 11.8. The molecule has 1 saturated heterocycles. The van der Waals surface area contributed by atoms with Crippen molar-refractivity contribution in [3.8, 4) is 0 Å². The number of hydrogen-bond acceptors (Lipinski definition) is 3. The molecule has 0 radical (unpaired) electrons. The van der Waals surface area contributed by atoms with Crippen molar-refractivity contribution >= 4 is 5.91 Å². The molecule has 0 unspecified atom stereocenters. The Balaban J connectivity index is 1.54. The summed E-state index contributed by atoms with van der Waals surface area (Å²) in [4.78, 5) is 14.2. The number of hydrogen-bond donors (Lipinski definition) is 2. The molecule has 1 aromatic rings. The number of nitrogens with zero attached hydrogens (tertiary/aromatic N) is 1. The minimum Gasteiger partial charge on any atom is -0.355 e. The van der Waals surface area contributed by atoms with Gasteiger partial charge in [-0.25, -0.2) is 0 Å². The monoisotopic (exact) mass is 289 g/mol. The number of amides is 1. The van der Waals surface area contributed by atoms with Crippen LogP contribution in [0.2, 0.25) is 0 Å². The number of piperazine rings is 1. The van der Waals surface area contributed by atoms with Gasteiger partial charge in [-0.1, -0.05) is 29.8 Å². The molecule has 1 aliphatic rings. The van der Waals surface area contributed by atoms with Crippen molar-refractivity contribution in [3.63, 3.8) is 0 Å². The summed E-state index contributed by atoms with van der Waals surface area (Å²) in [5.41, 5.74) is 2.60. The number of rotatable bonds is 7. The van der Waals surface area contributed by atoms with Crippen LogP contribution in [0, 0.1) is 6.92 Å². The van der Waals surface area contributed by atoms with Crippen LogP contribution in [0.1, 0.15) is 24.0 Å². The zero-order valence-corrected chi connectivity index (χ0v) is 13.0. The van der Waals surface area contributed by atoms with Crippen molar-refractivity contribution in [3.05, 3.63) is 35.4 Å². The van der Waals surface area contributed by atoms with Gasteiger partial charge in [-0.2, -0.15) is 0 Å². The van der Waals surface area contributed by atoms with Crippen LogP contribution in [0.3, 0.4) is 0 Å². The van der Waals surface area contributed by atoms with Gasteiger partial charge in [0.05, 0.1) is 0 Å². The van der Waals surface area contributed by atoms with Crippen molar-refractivity contribution in [2.75, 3.05) is 39.3 Å². The Labute approximate surface area is 127 Å². The van der Waals surface area contributed by atoms with Crippen molar-refractivity contribution in [2.24, 2.45) is 0 Å². The SMILES string of the molecule is Cc1ccc(CCCC(=O)NCCN2CCNCC2)cc1. The van der Waals surface area contributed by atoms with E-state index in [9.17, 15) is 4.79 Å². The highest BCUT2D eigenvalue weighted by atomic mass is 16.1. The number of nitrogens with one attached hydrogen (secondary N) is 2. The molecule has 1 fully saturated rings. The second kappa shape index (κ2) is 8.80. The molecular weight excluding hydrogens is 262 g/mol. The Bertz CT molecular complexity index is 424. The molecule has 0 bridgehead atoms. The van der Waals surface area contributed by atoms with Crippen molar-refractivity contribution < 1.29 is 4.79 Å². The van der Waals surface area contributed by atoms with Crippen LogP contribution in [0.4, 0.5) is 0 Å². The normalized spacial score (nSPS) is 15.9. The highest BCUT2D eigenvalue weighted by Gasteiger charge is 2.09. The number of benzene rings is 1. The van der Waals surface area contributed by atoms with Crippen LogP contribution in [-0.2, 0) is 11.2 Å². The lowest BCUT2D eigenvalue weighted by atomic mass is 10.1. The van der Waals surface area contributed by atoms with Crippen LogP contribution < -0.4 is 10.6 Å². The Morgan fingerprint density at radius 1 is 1.24 bits per heavy atom. The Kier molecular flexibility index (Phi) is 6.70. The molecule has 2 rings (SSSR count). The van der Waals surface area contributed by atoms with E-state index in [4.69, 9.17) is 0 Å². The first kappa shape index (κ1) is 16.0. The van der Waals surface area contributed by atoms with Gasteiger partial charge in [0.25, 0.3) is 0 Å². The van der Waals surface area contributed by atoms with Gasteiger partial charge >= 0.3 is 0 Å². The van der Waals surface area contributed by atoms with E-state index in [-0.39, 0.29) is 5.91 Å². The third-order valence-corrected chi connectivity index (χ3v) is 3.95. The minimum absolute atomic E-state index is 0.178. The molecule has 4 nitrogen and oxygen atoms in total. The van der Waals surface area contributed by atoms with E-state index in [2.05, 4.69) is 46.7 Å². The smallest absolute Gasteiger partial charge is 0.220 e. The van der Waals surface area contributed by atoms with E-state index in [0.717, 1.165) is 52.1 Å². The summed E-state index contributed by atoms with van der Waals surface area (Å²) < 4.78 is 0. The molecule has 0 aliphatic carbocycles. The molecule has 21 heavy (non-hydrogen) atoms. The fourth-order valence-electron chi connectivity index (χ4n) is 2.58. The van der Waals surface area contributed by atoms with Crippen molar-refractivity contribution in [1.82, 2.24) is 15.5 Å². The first-order chi connectivity index (χ1) is 10.2. The molecule has 0 saturated carbocycles. The predicted octanol–water partition coefficient (Wildman–Crippen LogP) is 1.34. The fraction of sp³-hybridized carbons (Fsp3) is 0.588. The maximum Gasteiger partial charge on any atom is 0.220 e. The van der Waals surface area contributed by atoms with Crippen LogP contribution in [0.15, 0.2) is 24.3 Å². The highest BCUT2D eigenvalue weighted by molar-refractivity contribution is 5.75. The first-order valence-corrected chi connectivity index (χ1v) is 7.99. The van der Waals surface area contributed by atoms with Crippen LogP contribution >= 0.6 is 0 Å². The third kappa shape index (κ3) is 6.27. The zero-order chi connectivity index (χ0) is 14.9. The summed E-state index contributed by atoms with van der Waals surface area (Å²) >= 11 is 0. The quantitative estimate of drug-likeness (QED) is 0.796. The Morgan fingerprint density at radius 2 is 1.95 bits per heavy atom. The molecule has 0 spiro atoms. The van der Waals surface area contributed by atoms with Gasteiger partial charge in [-0.05, 0) is 25.3 Å². The Hall–Kier alpha value is -1.39. The average molecular weight is 289 g/mol. The van der Waals surface area contributed by atoms with E-state index in [1.54, 1.807) is 0 Å². The van der Waals surface area contributed by atoms with E-state index in [1.165, 1.54) is 11.1 Å². The minimum atomic E-state index is 0.178. The van der Waals surface area contributed by atoms with E-state index < -0.39 is 0 Å². The predicted molar refractivity (Wildman–Crippen MR) is 86.4 cm³/mol. The van der Waals surface area contributed by atoms with Gasteiger partial charge in [-0.3, -0.25) is 9.69 Å². The standard InChI is InChI=1S/C17H27N3O/c1-15-5-7-16(8-6-15)3-2-4-17(21)19-11-14-20-12-9-18-10-13-20/h5-8,18H,2-4,9-14H2,1H3,(H,19,21). The molecule has 0 aromatic heterocycles. The number of aryl methyl sites for hydroxylation is 2. The van der Waals surface area contributed by atoms with Crippen LogP contribution in [-0.4, -0.2) is 50.1 Å². The van der Waals surface area contributed by atoms with Crippen LogP contribution in [0.5, 0.6) is 0 Å². The molecule has 1 aliphatic heterocycles. The topological polar surface area (TPSA) is 44.4 Å². The second-order valence-electron chi connectivity index (χ2n) is 5.78. The summed E-state index contributed by atoms with van der Waals surface area (Å²) in [6.45, 7) is 8.12. The van der Waals surface area contributed by atoms with E-state index in [0.29, 0.717) is 6.42 Å². The molecule has 2 N–H and O–H groups in total. The van der Waals surface area contributed by atoms with E-state index >= 15 is 0 Å². The van der Waals surface area contributed by atoms with Crippen molar-refractivity contribution in [2.45, 2.75) is 26.2 Å². The average Bonchev–Trinajstić information content (AvgIpc) is 2.50. The van der Waals surface area contributed by atoms with Crippen molar-refractivity contribution in [1.29, 1.82) is 0 Å². The Morgan fingerprint density at radius 3 is 2.67 bits per heavy atom. The summed E-state index contributed by atoms with van der Waals surface area (Å²) in [6, 6.07) is 8.56.